The zero-order chi connectivity index (χ0) is 17.2. The first-order chi connectivity index (χ1) is 11.7. The molecule has 0 unspecified atom stereocenters. The average molecular weight is 326 g/mol. The van der Waals surface area contributed by atoms with Crippen LogP contribution in [0.3, 0.4) is 0 Å². The second kappa shape index (κ2) is 9.47. The number of hydrogen-bond acceptors (Lipinski definition) is 5. The van der Waals surface area contributed by atoms with E-state index in [2.05, 4.69) is 10.3 Å². The minimum absolute atomic E-state index is 0.0457. The molecule has 0 spiro atoms. The number of rotatable bonds is 8. The Kier molecular flexibility index (Phi) is 6.98. The Hall–Kier alpha value is -2.66. The van der Waals surface area contributed by atoms with Crippen molar-refractivity contribution in [3.05, 3.63) is 71.8 Å². The molecule has 24 heavy (non-hydrogen) atoms. The lowest BCUT2D eigenvalue weighted by atomic mass is 10.1. The standard InChI is InChI=1S/C19H22N2O3/c1-15(17-9-5-3-6-10-17)20-23-13-19(22)14-24-21-16(2)18-11-7-4-8-12-18/h3-12,19,22H,13-14H2,1-2H3/b20-15+,21-16+. The molecule has 0 saturated heterocycles. The Labute approximate surface area is 142 Å². The number of nitrogens with zero attached hydrogens (tertiary/aromatic N) is 2. The maximum absolute atomic E-state index is 9.83. The van der Waals surface area contributed by atoms with Crippen molar-refractivity contribution < 1.29 is 14.8 Å². The largest absolute Gasteiger partial charge is 0.393 e. The molecule has 5 nitrogen and oxygen atoms in total. The molecule has 0 aliphatic carbocycles. The van der Waals surface area contributed by atoms with Gasteiger partial charge in [0.15, 0.2) is 0 Å². The number of hydrogen-bond donors (Lipinski definition) is 1. The molecule has 1 N–H and O–H groups in total. The van der Waals surface area contributed by atoms with Crippen molar-refractivity contribution in [1.82, 2.24) is 0 Å². The smallest absolute Gasteiger partial charge is 0.146 e. The van der Waals surface area contributed by atoms with Crippen LogP contribution in [0.4, 0.5) is 0 Å². The van der Waals surface area contributed by atoms with E-state index in [0.29, 0.717) is 0 Å². The maximum Gasteiger partial charge on any atom is 0.146 e. The van der Waals surface area contributed by atoms with Gasteiger partial charge in [-0.25, -0.2) is 0 Å². The van der Waals surface area contributed by atoms with Crippen LogP contribution < -0.4 is 0 Å². The first-order valence-electron chi connectivity index (χ1n) is 7.79. The summed E-state index contributed by atoms with van der Waals surface area (Å²) in [6.07, 6.45) is -0.801. The summed E-state index contributed by atoms with van der Waals surface area (Å²) in [6, 6.07) is 19.4. The Balaban J connectivity index is 1.73. The quantitative estimate of drug-likeness (QED) is 0.598. The minimum atomic E-state index is -0.801. The molecule has 5 heteroatoms. The zero-order valence-corrected chi connectivity index (χ0v) is 13.9. The van der Waals surface area contributed by atoms with Crippen LogP contribution in [-0.2, 0) is 9.68 Å². The van der Waals surface area contributed by atoms with E-state index < -0.39 is 6.10 Å². The Morgan fingerprint density at radius 3 is 1.54 bits per heavy atom. The van der Waals surface area contributed by atoms with Gasteiger partial charge in [-0.2, -0.15) is 0 Å². The van der Waals surface area contributed by atoms with Crippen LogP contribution in [0.15, 0.2) is 71.0 Å². The van der Waals surface area contributed by atoms with Crippen LogP contribution >= 0.6 is 0 Å². The summed E-state index contributed by atoms with van der Waals surface area (Å²) in [6.45, 7) is 3.80. The number of oxime groups is 2. The lowest BCUT2D eigenvalue weighted by molar-refractivity contribution is -0.0163. The van der Waals surface area contributed by atoms with Gasteiger partial charge < -0.3 is 14.8 Å². The highest BCUT2D eigenvalue weighted by Crippen LogP contribution is 2.03. The SMILES string of the molecule is C/C(=N\OCC(O)CO/N=C(\C)c1ccccc1)c1ccccc1. The number of aliphatic hydroxyl groups is 1. The highest BCUT2D eigenvalue weighted by atomic mass is 16.7. The van der Waals surface area contributed by atoms with E-state index in [1.54, 1.807) is 0 Å². The van der Waals surface area contributed by atoms with Gasteiger partial charge in [0.2, 0.25) is 0 Å². The molecular weight excluding hydrogens is 304 g/mol. The fourth-order valence-corrected chi connectivity index (χ4v) is 1.95. The number of benzene rings is 2. The molecule has 126 valence electrons. The molecule has 0 heterocycles. The van der Waals surface area contributed by atoms with Crippen LogP contribution in [-0.4, -0.2) is 35.8 Å². The lowest BCUT2D eigenvalue weighted by Crippen LogP contribution is -2.20. The third-order valence-electron chi connectivity index (χ3n) is 3.32. The van der Waals surface area contributed by atoms with Crippen molar-refractivity contribution in [1.29, 1.82) is 0 Å². The highest BCUT2D eigenvalue weighted by molar-refractivity contribution is 5.98. The average Bonchev–Trinajstić information content (AvgIpc) is 2.63. The van der Waals surface area contributed by atoms with E-state index in [9.17, 15) is 5.11 Å². The van der Waals surface area contributed by atoms with E-state index in [-0.39, 0.29) is 13.2 Å². The molecule has 0 radical (unpaired) electrons. The van der Waals surface area contributed by atoms with Gasteiger partial charge in [-0.1, -0.05) is 71.0 Å². The zero-order valence-electron chi connectivity index (χ0n) is 13.9. The van der Waals surface area contributed by atoms with Gasteiger partial charge in [0.05, 0.1) is 11.4 Å². The van der Waals surface area contributed by atoms with Crippen LogP contribution in [0.25, 0.3) is 0 Å². The summed E-state index contributed by atoms with van der Waals surface area (Å²) in [4.78, 5) is 10.3. The summed E-state index contributed by atoms with van der Waals surface area (Å²) in [7, 11) is 0. The normalized spacial score (nSPS) is 12.3. The fraction of sp³-hybridized carbons (Fsp3) is 0.263. The maximum atomic E-state index is 9.83. The molecular formula is C19H22N2O3. The van der Waals surface area contributed by atoms with Gasteiger partial charge in [-0.05, 0) is 25.0 Å². The van der Waals surface area contributed by atoms with Crippen LogP contribution in [0, 0.1) is 0 Å². The number of aliphatic hydroxyl groups excluding tert-OH is 1. The molecule has 0 aromatic heterocycles. The first-order valence-corrected chi connectivity index (χ1v) is 7.79. The highest BCUT2D eigenvalue weighted by Gasteiger charge is 2.06. The molecule has 2 aromatic carbocycles. The monoisotopic (exact) mass is 326 g/mol. The van der Waals surface area contributed by atoms with Crippen molar-refractivity contribution in [3.63, 3.8) is 0 Å². The van der Waals surface area contributed by atoms with Crippen molar-refractivity contribution in [2.24, 2.45) is 10.3 Å². The Bertz CT molecular complexity index is 610. The van der Waals surface area contributed by atoms with Crippen molar-refractivity contribution in [2.75, 3.05) is 13.2 Å². The molecule has 0 amide bonds. The molecule has 0 saturated carbocycles. The molecule has 2 aromatic rings. The molecule has 0 bridgehead atoms. The summed E-state index contributed by atoms with van der Waals surface area (Å²) < 4.78 is 0. The van der Waals surface area contributed by atoms with Gasteiger partial charge in [-0.15, -0.1) is 0 Å². The summed E-state index contributed by atoms with van der Waals surface area (Å²) in [5, 5.41) is 17.8. The Morgan fingerprint density at radius 1 is 0.792 bits per heavy atom. The van der Waals surface area contributed by atoms with E-state index >= 15 is 0 Å². The van der Waals surface area contributed by atoms with Crippen LogP contribution in [0.2, 0.25) is 0 Å². The topological polar surface area (TPSA) is 63.4 Å². The van der Waals surface area contributed by atoms with Gasteiger partial charge in [0, 0.05) is 0 Å². The lowest BCUT2D eigenvalue weighted by Gasteiger charge is -2.09. The molecule has 2 rings (SSSR count). The van der Waals surface area contributed by atoms with Gasteiger partial charge in [-0.3, -0.25) is 0 Å². The second-order valence-electron chi connectivity index (χ2n) is 5.33. The van der Waals surface area contributed by atoms with E-state index in [0.717, 1.165) is 22.6 Å². The third-order valence-corrected chi connectivity index (χ3v) is 3.32. The van der Waals surface area contributed by atoms with E-state index in [4.69, 9.17) is 9.68 Å². The van der Waals surface area contributed by atoms with Gasteiger partial charge in [0.1, 0.15) is 19.3 Å². The second-order valence-corrected chi connectivity index (χ2v) is 5.33. The third kappa shape index (κ3) is 5.85. The Morgan fingerprint density at radius 2 is 1.17 bits per heavy atom. The van der Waals surface area contributed by atoms with Crippen molar-refractivity contribution in [3.8, 4) is 0 Å². The molecule has 0 atom stereocenters. The summed E-state index contributed by atoms with van der Waals surface area (Å²) in [5.41, 5.74) is 3.46. The van der Waals surface area contributed by atoms with Crippen molar-refractivity contribution >= 4 is 11.4 Å². The van der Waals surface area contributed by atoms with Gasteiger partial charge >= 0.3 is 0 Å². The van der Waals surface area contributed by atoms with Crippen LogP contribution in [0.1, 0.15) is 25.0 Å². The molecule has 0 aliphatic rings. The van der Waals surface area contributed by atoms with E-state index in [1.165, 1.54) is 0 Å². The van der Waals surface area contributed by atoms with Gasteiger partial charge in [0.25, 0.3) is 0 Å². The summed E-state index contributed by atoms with van der Waals surface area (Å²) >= 11 is 0. The molecule has 0 aliphatic heterocycles. The van der Waals surface area contributed by atoms with E-state index in [1.807, 2.05) is 74.5 Å². The fourth-order valence-electron chi connectivity index (χ4n) is 1.95. The predicted molar refractivity (Wildman–Crippen MR) is 95.2 cm³/mol. The first kappa shape index (κ1) is 17.7. The minimum Gasteiger partial charge on any atom is -0.393 e. The molecule has 0 fully saturated rings. The predicted octanol–water partition coefficient (Wildman–Crippen LogP) is 3.23. The van der Waals surface area contributed by atoms with Crippen LogP contribution in [0.5, 0.6) is 0 Å². The van der Waals surface area contributed by atoms with Crippen molar-refractivity contribution in [2.45, 2.75) is 20.0 Å². The summed E-state index contributed by atoms with van der Waals surface area (Å²) in [5.74, 6) is 0.